The van der Waals surface area contributed by atoms with Gasteiger partial charge in [0.15, 0.2) is 0 Å². The molecule has 0 saturated carbocycles. The highest BCUT2D eigenvalue weighted by atomic mass is 32.2. The van der Waals surface area contributed by atoms with Crippen molar-refractivity contribution in [1.29, 1.82) is 0 Å². The van der Waals surface area contributed by atoms with Crippen molar-refractivity contribution in [3.8, 4) is 0 Å². The normalized spacial score (nSPS) is 10.1. The lowest BCUT2D eigenvalue weighted by atomic mass is 10.4. The van der Waals surface area contributed by atoms with E-state index in [4.69, 9.17) is 4.74 Å². The van der Waals surface area contributed by atoms with Gasteiger partial charge in [0.2, 0.25) is 0 Å². The first kappa shape index (κ1) is 13.0. The largest absolute Gasteiger partial charge is 0.375 e. The number of aromatic nitrogens is 2. The highest BCUT2D eigenvalue weighted by Gasteiger charge is 1.96. The maximum absolute atomic E-state index is 5.36. The van der Waals surface area contributed by atoms with Crippen molar-refractivity contribution < 1.29 is 4.74 Å². The Morgan fingerprint density at radius 2 is 2.38 bits per heavy atom. The van der Waals surface area contributed by atoms with Crippen LogP contribution in [0.5, 0.6) is 0 Å². The summed E-state index contributed by atoms with van der Waals surface area (Å²) in [6, 6.07) is 1.92. The second-order valence-electron chi connectivity index (χ2n) is 3.38. The molecule has 0 saturated heterocycles. The second kappa shape index (κ2) is 7.24. The van der Waals surface area contributed by atoms with Crippen molar-refractivity contribution in [2.75, 3.05) is 31.3 Å². The fourth-order valence-electron chi connectivity index (χ4n) is 1.05. The molecule has 0 aliphatic rings. The molecule has 5 heteroatoms. The summed E-state index contributed by atoms with van der Waals surface area (Å²) in [6.07, 6.45) is 3.55. The summed E-state index contributed by atoms with van der Waals surface area (Å²) >= 11 is 1.60. The van der Waals surface area contributed by atoms with Gasteiger partial charge in [0, 0.05) is 12.6 Å². The van der Waals surface area contributed by atoms with E-state index in [9.17, 15) is 0 Å². The number of thioether (sulfide) groups is 1. The standard InChI is InChI=1S/C11H17N3OS/c1-9(2)7-15-5-4-12-10-6-11(16-3)14-8-13-10/h6,8H,1,4-5,7H2,2-3H3,(H,12,13,14). The van der Waals surface area contributed by atoms with Crippen LogP contribution in [0.1, 0.15) is 6.92 Å². The summed E-state index contributed by atoms with van der Waals surface area (Å²) in [6.45, 7) is 7.70. The van der Waals surface area contributed by atoms with Crippen molar-refractivity contribution in [1.82, 2.24) is 9.97 Å². The minimum Gasteiger partial charge on any atom is -0.375 e. The molecule has 1 heterocycles. The van der Waals surface area contributed by atoms with Crippen LogP contribution in [0, 0.1) is 0 Å². The van der Waals surface area contributed by atoms with Gasteiger partial charge < -0.3 is 10.1 Å². The Hall–Kier alpha value is -1.07. The van der Waals surface area contributed by atoms with Gasteiger partial charge in [-0.2, -0.15) is 0 Å². The number of hydrogen-bond donors (Lipinski definition) is 1. The quantitative estimate of drug-likeness (QED) is 0.342. The summed E-state index contributed by atoms with van der Waals surface area (Å²) in [7, 11) is 0. The van der Waals surface area contributed by atoms with E-state index in [2.05, 4.69) is 21.9 Å². The average Bonchev–Trinajstić information content (AvgIpc) is 2.28. The Kier molecular flexibility index (Phi) is 5.88. The van der Waals surface area contributed by atoms with Gasteiger partial charge in [-0.1, -0.05) is 12.2 Å². The van der Waals surface area contributed by atoms with Crippen LogP contribution in [0.25, 0.3) is 0 Å². The highest BCUT2D eigenvalue weighted by Crippen LogP contribution is 2.13. The molecule has 0 aliphatic heterocycles. The Labute approximate surface area is 101 Å². The van der Waals surface area contributed by atoms with Crippen molar-refractivity contribution in [2.45, 2.75) is 11.9 Å². The maximum atomic E-state index is 5.36. The highest BCUT2D eigenvalue weighted by molar-refractivity contribution is 7.98. The fourth-order valence-corrected chi connectivity index (χ4v) is 1.43. The van der Waals surface area contributed by atoms with Gasteiger partial charge in [0.1, 0.15) is 17.2 Å². The molecule has 0 radical (unpaired) electrons. The minimum absolute atomic E-state index is 0.613. The molecule has 1 aromatic rings. The molecule has 0 bridgehead atoms. The first-order valence-corrected chi connectivity index (χ1v) is 6.27. The predicted molar refractivity (Wildman–Crippen MR) is 67.9 cm³/mol. The van der Waals surface area contributed by atoms with E-state index in [-0.39, 0.29) is 0 Å². The van der Waals surface area contributed by atoms with Crippen LogP contribution in [0.15, 0.2) is 29.6 Å². The first-order valence-electron chi connectivity index (χ1n) is 5.04. The van der Waals surface area contributed by atoms with Crippen molar-refractivity contribution in [3.63, 3.8) is 0 Å². The molecule has 88 valence electrons. The van der Waals surface area contributed by atoms with Crippen LogP contribution < -0.4 is 5.32 Å². The van der Waals surface area contributed by atoms with Crippen LogP contribution in [0.2, 0.25) is 0 Å². The topological polar surface area (TPSA) is 47.0 Å². The lowest BCUT2D eigenvalue weighted by Crippen LogP contribution is -2.11. The summed E-state index contributed by atoms with van der Waals surface area (Å²) in [5.41, 5.74) is 1.03. The van der Waals surface area contributed by atoms with Gasteiger partial charge in [-0.25, -0.2) is 9.97 Å². The third-order valence-electron chi connectivity index (χ3n) is 1.75. The lowest BCUT2D eigenvalue weighted by Gasteiger charge is -2.06. The molecule has 0 aromatic carbocycles. The third-order valence-corrected chi connectivity index (χ3v) is 2.39. The van der Waals surface area contributed by atoms with Crippen LogP contribution in [-0.4, -0.2) is 36.0 Å². The van der Waals surface area contributed by atoms with Gasteiger partial charge in [-0.05, 0) is 13.2 Å². The number of anilines is 1. The summed E-state index contributed by atoms with van der Waals surface area (Å²) in [5.74, 6) is 0.832. The molecule has 1 N–H and O–H groups in total. The van der Waals surface area contributed by atoms with Gasteiger partial charge in [0.25, 0.3) is 0 Å². The fraction of sp³-hybridized carbons (Fsp3) is 0.455. The molecule has 0 atom stereocenters. The summed E-state index contributed by atoms with van der Waals surface area (Å²) in [4.78, 5) is 8.21. The van der Waals surface area contributed by atoms with Crippen molar-refractivity contribution >= 4 is 17.6 Å². The molecule has 0 spiro atoms. The SMILES string of the molecule is C=C(C)COCCNc1cc(SC)ncn1. The van der Waals surface area contributed by atoms with Gasteiger partial charge in [-0.15, -0.1) is 11.8 Å². The van der Waals surface area contributed by atoms with E-state index in [1.54, 1.807) is 18.1 Å². The van der Waals surface area contributed by atoms with E-state index in [0.29, 0.717) is 13.2 Å². The smallest absolute Gasteiger partial charge is 0.130 e. The van der Waals surface area contributed by atoms with E-state index >= 15 is 0 Å². The van der Waals surface area contributed by atoms with Crippen LogP contribution in [0.4, 0.5) is 5.82 Å². The molecule has 4 nitrogen and oxygen atoms in total. The van der Waals surface area contributed by atoms with E-state index in [0.717, 1.165) is 23.0 Å². The molecular weight excluding hydrogens is 222 g/mol. The summed E-state index contributed by atoms with van der Waals surface area (Å²) < 4.78 is 5.36. The predicted octanol–water partition coefficient (Wildman–Crippen LogP) is 2.20. The molecule has 0 fully saturated rings. The molecule has 16 heavy (non-hydrogen) atoms. The Morgan fingerprint density at radius 1 is 1.56 bits per heavy atom. The first-order chi connectivity index (χ1) is 7.72. The Morgan fingerprint density at radius 3 is 3.06 bits per heavy atom. The molecular formula is C11H17N3OS. The third kappa shape index (κ3) is 5.14. The Balaban J connectivity index is 2.23. The Bertz CT molecular complexity index is 344. The van der Waals surface area contributed by atoms with E-state index < -0.39 is 0 Å². The minimum atomic E-state index is 0.613. The van der Waals surface area contributed by atoms with E-state index in [1.807, 2.05) is 19.2 Å². The lowest BCUT2D eigenvalue weighted by molar-refractivity contribution is 0.167. The number of nitrogens with zero attached hydrogens (tertiary/aromatic N) is 2. The second-order valence-corrected chi connectivity index (χ2v) is 4.21. The number of hydrogen-bond acceptors (Lipinski definition) is 5. The molecule has 1 aromatic heterocycles. The summed E-state index contributed by atoms with van der Waals surface area (Å²) in [5, 5.41) is 4.13. The van der Waals surface area contributed by atoms with Crippen LogP contribution in [-0.2, 0) is 4.74 Å². The number of ether oxygens (including phenoxy) is 1. The molecule has 0 unspecified atom stereocenters. The molecule has 0 amide bonds. The molecule has 1 rings (SSSR count). The van der Waals surface area contributed by atoms with Crippen molar-refractivity contribution in [3.05, 3.63) is 24.5 Å². The van der Waals surface area contributed by atoms with E-state index in [1.165, 1.54) is 0 Å². The average molecular weight is 239 g/mol. The number of rotatable bonds is 7. The van der Waals surface area contributed by atoms with Gasteiger partial charge in [0.05, 0.1) is 13.2 Å². The number of nitrogens with one attached hydrogen (secondary N) is 1. The monoisotopic (exact) mass is 239 g/mol. The zero-order chi connectivity index (χ0) is 11.8. The zero-order valence-electron chi connectivity index (χ0n) is 9.69. The maximum Gasteiger partial charge on any atom is 0.130 e. The van der Waals surface area contributed by atoms with Crippen LogP contribution >= 0.6 is 11.8 Å². The van der Waals surface area contributed by atoms with Crippen LogP contribution in [0.3, 0.4) is 0 Å². The van der Waals surface area contributed by atoms with Gasteiger partial charge >= 0.3 is 0 Å². The van der Waals surface area contributed by atoms with Gasteiger partial charge in [-0.3, -0.25) is 0 Å². The van der Waals surface area contributed by atoms with Crippen molar-refractivity contribution in [2.24, 2.45) is 0 Å². The molecule has 0 aliphatic carbocycles. The zero-order valence-corrected chi connectivity index (χ0v) is 10.5.